The number of amides is 1. The van der Waals surface area contributed by atoms with Gasteiger partial charge in [-0.15, -0.1) is 0 Å². The molecule has 0 aliphatic heterocycles. The van der Waals surface area contributed by atoms with Gasteiger partial charge in [-0.3, -0.25) is 4.79 Å². The van der Waals surface area contributed by atoms with Gasteiger partial charge >= 0.3 is 0 Å². The van der Waals surface area contributed by atoms with Crippen molar-refractivity contribution < 1.29 is 14.3 Å². The number of phenols is 1. The molecule has 0 unspecified atom stereocenters. The maximum Gasteiger partial charge on any atom is 0.258 e. The van der Waals surface area contributed by atoms with E-state index in [1.165, 1.54) is 12.1 Å². The second-order valence-corrected chi connectivity index (χ2v) is 4.82. The number of nitrogens with two attached hydrogens (primary N) is 1. The van der Waals surface area contributed by atoms with Crippen molar-refractivity contribution in [2.75, 3.05) is 0 Å². The molecule has 0 heterocycles. The molecule has 2 aromatic carbocycles. The summed E-state index contributed by atoms with van der Waals surface area (Å²) < 4.78 is 13.5. The fourth-order valence-corrected chi connectivity index (χ4v) is 1.97. The van der Waals surface area contributed by atoms with Gasteiger partial charge in [0, 0.05) is 12.1 Å². The van der Waals surface area contributed by atoms with Gasteiger partial charge in [0.2, 0.25) is 0 Å². The third kappa shape index (κ3) is 3.55. The summed E-state index contributed by atoms with van der Waals surface area (Å²) >= 11 is 4.88. The van der Waals surface area contributed by atoms with Crippen LogP contribution in [-0.4, -0.2) is 16.0 Å². The molecule has 0 aliphatic carbocycles. The Labute approximate surface area is 126 Å². The van der Waals surface area contributed by atoms with Crippen molar-refractivity contribution in [3.63, 3.8) is 0 Å². The van der Waals surface area contributed by atoms with Gasteiger partial charge in [-0.2, -0.15) is 0 Å². The lowest BCUT2D eigenvalue weighted by Gasteiger charge is -2.08. The molecule has 108 valence electrons. The van der Waals surface area contributed by atoms with Crippen molar-refractivity contribution in [1.82, 2.24) is 5.32 Å². The fourth-order valence-electron chi connectivity index (χ4n) is 1.84. The molecule has 0 atom stereocenters. The van der Waals surface area contributed by atoms with E-state index in [2.05, 4.69) is 5.32 Å². The minimum atomic E-state index is -0.774. The first-order valence-electron chi connectivity index (χ1n) is 6.13. The van der Waals surface area contributed by atoms with Gasteiger partial charge in [-0.1, -0.05) is 36.5 Å². The average Bonchev–Trinajstić information content (AvgIpc) is 2.45. The lowest BCUT2D eigenvalue weighted by atomic mass is 10.1. The summed E-state index contributed by atoms with van der Waals surface area (Å²) in [5, 5.41) is 12.1. The minimum Gasteiger partial charge on any atom is -0.507 e. The molecule has 0 spiro atoms. The molecule has 21 heavy (non-hydrogen) atoms. The molecular weight excluding hydrogens is 291 g/mol. The number of carbonyl (C=O) groups is 1. The van der Waals surface area contributed by atoms with Crippen LogP contribution < -0.4 is 11.1 Å². The van der Waals surface area contributed by atoms with Crippen LogP contribution in [-0.2, 0) is 6.54 Å². The van der Waals surface area contributed by atoms with E-state index >= 15 is 0 Å². The number of nitrogens with one attached hydrogen (secondary N) is 1. The molecule has 0 saturated carbocycles. The van der Waals surface area contributed by atoms with E-state index < -0.39 is 17.5 Å². The monoisotopic (exact) mass is 304 g/mol. The topological polar surface area (TPSA) is 75.3 Å². The Morgan fingerprint density at radius 2 is 2.00 bits per heavy atom. The van der Waals surface area contributed by atoms with Crippen LogP contribution in [0.25, 0.3) is 0 Å². The summed E-state index contributed by atoms with van der Waals surface area (Å²) in [5.74, 6) is -1.86. The van der Waals surface area contributed by atoms with Crippen molar-refractivity contribution >= 4 is 23.1 Å². The van der Waals surface area contributed by atoms with Crippen LogP contribution in [0.15, 0.2) is 42.5 Å². The Balaban J connectivity index is 2.11. The Kier molecular flexibility index (Phi) is 4.49. The second-order valence-electron chi connectivity index (χ2n) is 4.38. The molecule has 6 heteroatoms. The third-order valence-corrected chi connectivity index (χ3v) is 3.12. The van der Waals surface area contributed by atoms with Crippen LogP contribution in [0.2, 0.25) is 0 Å². The predicted octanol–water partition coefficient (Wildman–Crippen LogP) is 2.10. The normalized spacial score (nSPS) is 10.1. The lowest BCUT2D eigenvalue weighted by molar-refractivity contribution is 0.0944. The molecule has 0 aliphatic rings. The van der Waals surface area contributed by atoms with Gasteiger partial charge in [0.25, 0.3) is 5.91 Å². The summed E-state index contributed by atoms with van der Waals surface area (Å²) in [6, 6.07) is 10.7. The predicted molar refractivity (Wildman–Crippen MR) is 81.6 cm³/mol. The molecule has 0 fully saturated rings. The SMILES string of the molecule is NC(=S)c1cccc(CNC(=O)c2c(O)cccc2F)c1. The molecule has 0 saturated heterocycles. The zero-order chi connectivity index (χ0) is 15.4. The van der Waals surface area contributed by atoms with Crippen LogP contribution >= 0.6 is 12.2 Å². The zero-order valence-corrected chi connectivity index (χ0v) is 11.8. The fraction of sp³-hybridized carbons (Fsp3) is 0.0667. The number of aromatic hydroxyl groups is 1. The highest BCUT2D eigenvalue weighted by Gasteiger charge is 2.15. The van der Waals surface area contributed by atoms with Crippen LogP contribution in [0, 0.1) is 5.82 Å². The van der Waals surface area contributed by atoms with E-state index in [-0.39, 0.29) is 17.1 Å². The van der Waals surface area contributed by atoms with Crippen molar-refractivity contribution in [1.29, 1.82) is 0 Å². The van der Waals surface area contributed by atoms with Gasteiger partial charge in [-0.05, 0) is 23.8 Å². The summed E-state index contributed by atoms with van der Waals surface area (Å²) in [6.45, 7) is 0.170. The molecule has 1 amide bonds. The summed E-state index contributed by atoms with van der Waals surface area (Å²) in [5.41, 5.74) is 6.61. The van der Waals surface area contributed by atoms with E-state index in [1.807, 2.05) is 0 Å². The number of rotatable bonds is 4. The maximum atomic E-state index is 13.5. The lowest BCUT2D eigenvalue weighted by Crippen LogP contribution is -2.24. The van der Waals surface area contributed by atoms with Crippen molar-refractivity contribution in [3.05, 3.63) is 65.0 Å². The molecule has 0 bridgehead atoms. The van der Waals surface area contributed by atoms with E-state index in [0.717, 1.165) is 11.6 Å². The van der Waals surface area contributed by atoms with Gasteiger partial charge < -0.3 is 16.2 Å². The second kappa shape index (κ2) is 6.32. The molecule has 2 aromatic rings. The average molecular weight is 304 g/mol. The van der Waals surface area contributed by atoms with E-state index in [1.54, 1.807) is 24.3 Å². The largest absolute Gasteiger partial charge is 0.507 e. The number of hydrogen-bond acceptors (Lipinski definition) is 3. The third-order valence-electron chi connectivity index (χ3n) is 2.88. The highest BCUT2D eigenvalue weighted by molar-refractivity contribution is 7.80. The Morgan fingerprint density at radius 3 is 2.67 bits per heavy atom. The number of halogens is 1. The van der Waals surface area contributed by atoms with Crippen LogP contribution in [0.1, 0.15) is 21.5 Å². The number of phenolic OH excluding ortho intramolecular Hbond substituents is 1. The number of thiocarbonyl (C=S) groups is 1. The van der Waals surface area contributed by atoms with Gasteiger partial charge in [-0.25, -0.2) is 4.39 Å². The first-order valence-corrected chi connectivity index (χ1v) is 6.54. The Bertz CT molecular complexity index is 684. The molecular formula is C15H13FN2O2S. The Morgan fingerprint density at radius 1 is 1.29 bits per heavy atom. The van der Waals surface area contributed by atoms with Crippen LogP contribution in [0.4, 0.5) is 4.39 Å². The summed E-state index contributed by atoms with van der Waals surface area (Å²) in [7, 11) is 0. The zero-order valence-electron chi connectivity index (χ0n) is 11.0. The van der Waals surface area contributed by atoms with Gasteiger partial charge in [0.15, 0.2) is 0 Å². The number of hydrogen-bond donors (Lipinski definition) is 3. The molecule has 0 aromatic heterocycles. The highest BCUT2D eigenvalue weighted by Crippen LogP contribution is 2.19. The van der Waals surface area contributed by atoms with Gasteiger partial charge in [0.1, 0.15) is 22.1 Å². The molecule has 4 N–H and O–H groups in total. The summed E-state index contributed by atoms with van der Waals surface area (Å²) in [4.78, 5) is 12.2. The van der Waals surface area contributed by atoms with E-state index in [0.29, 0.717) is 5.56 Å². The van der Waals surface area contributed by atoms with E-state index in [9.17, 15) is 14.3 Å². The highest BCUT2D eigenvalue weighted by atomic mass is 32.1. The molecule has 4 nitrogen and oxygen atoms in total. The molecule has 0 radical (unpaired) electrons. The smallest absolute Gasteiger partial charge is 0.258 e. The standard InChI is InChI=1S/C15H13FN2O2S/c16-11-5-2-6-12(19)13(11)15(20)18-8-9-3-1-4-10(7-9)14(17)21/h1-7,19H,8H2,(H2,17,21)(H,18,20). The quantitative estimate of drug-likeness (QED) is 0.756. The number of carbonyl (C=O) groups excluding carboxylic acids is 1. The minimum absolute atomic E-state index is 0.170. The maximum absolute atomic E-state index is 13.5. The number of benzene rings is 2. The van der Waals surface area contributed by atoms with Crippen molar-refractivity contribution in [3.8, 4) is 5.75 Å². The van der Waals surface area contributed by atoms with Crippen molar-refractivity contribution in [2.45, 2.75) is 6.54 Å². The first kappa shape index (κ1) is 14.9. The molecule has 2 rings (SSSR count). The van der Waals surface area contributed by atoms with Gasteiger partial charge in [0.05, 0.1) is 0 Å². The van der Waals surface area contributed by atoms with Crippen LogP contribution in [0.3, 0.4) is 0 Å². The summed E-state index contributed by atoms with van der Waals surface area (Å²) in [6.07, 6.45) is 0. The first-order chi connectivity index (χ1) is 9.99. The van der Waals surface area contributed by atoms with E-state index in [4.69, 9.17) is 18.0 Å². The van der Waals surface area contributed by atoms with Crippen LogP contribution in [0.5, 0.6) is 5.75 Å². The Hall–Kier alpha value is -2.47. The van der Waals surface area contributed by atoms with Crippen molar-refractivity contribution in [2.24, 2.45) is 5.73 Å².